The summed E-state index contributed by atoms with van der Waals surface area (Å²) in [7, 11) is -3.64. The van der Waals surface area contributed by atoms with Gasteiger partial charge in [0.1, 0.15) is 0 Å². The molecule has 0 aromatic heterocycles. The molecule has 0 aromatic carbocycles. The Hall–Kier alpha value is 1.07. The van der Waals surface area contributed by atoms with E-state index in [9.17, 15) is 4.21 Å². The summed E-state index contributed by atoms with van der Waals surface area (Å²) in [6.07, 6.45) is 0.854. The van der Waals surface area contributed by atoms with Crippen molar-refractivity contribution in [1.29, 1.82) is 0 Å². The van der Waals surface area contributed by atoms with Gasteiger partial charge >= 0.3 is 29.6 Å². The standard InChI is InChI=1S/CH6O3S.Na.H/c1-5(2,3)4;;/h5H,1H3,(H2,2,3,4);;. The first-order valence-corrected chi connectivity index (χ1v) is 3.09. The number of hydrogen-bond acceptors (Lipinski definition) is 1. The second kappa shape index (κ2) is 3.12. The topological polar surface area (TPSA) is 57.5 Å². The Kier molecular flexibility index (Phi) is 5.27. The van der Waals surface area contributed by atoms with Crippen LogP contribution in [0.2, 0.25) is 0 Å². The van der Waals surface area contributed by atoms with E-state index in [0.29, 0.717) is 0 Å². The molecule has 3 nitrogen and oxygen atoms in total. The summed E-state index contributed by atoms with van der Waals surface area (Å²) in [5.74, 6) is 0. The average molecular weight is 122 g/mol. The number of thiol groups is 1. The van der Waals surface area contributed by atoms with Gasteiger partial charge in [-0.05, 0) is 0 Å². The second-order valence-electron chi connectivity index (χ2n) is 0.835. The van der Waals surface area contributed by atoms with Crippen LogP contribution in [0.1, 0.15) is 0 Å². The zero-order chi connectivity index (χ0) is 4.50. The zero-order valence-electron chi connectivity index (χ0n) is 2.75. The summed E-state index contributed by atoms with van der Waals surface area (Å²) < 4.78 is 24.6. The fraction of sp³-hybridized carbons (Fsp3) is 1.00. The van der Waals surface area contributed by atoms with Crippen LogP contribution in [0.5, 0.6) is 0 Å². The van der Waals surface area contributed by atoms with Gasteiger partial charge in [-0.15, -0.1) is 0 Å². The molecule has 36 valence electrons. The van der Waals surface area contributed by atoms with Crippen LogP contribution < -0.4 is 0 Å². The first-order chi connectivity index (χ1) is 2.00. The molecular formula is CH7NaO3S. The molecule has 0 aromatic rings. The predicted octanol–water partition coefficient (Wildman–Crippen LogP) is -1.07. The summed E-state index contributed by atoms with van der Waals surface area (Å²) in [5.41, 5.74) is 0. The molecule has 0 spiro atoms. The van der Waals surface area contributed by atoms with E-state index >= 15 is 0 Å². The van der Waals surface area contributed by atoms with Gasteiger partial charge in [-0.25, -0.2) is 4.21 Å². The Morgan fingerprint density at radius 2 is 1.50 bits per heavy atom. The third-order valence-corrected chi connectivity index (χ3v) is 0. The first-order valence-electron chi connectivity index (χ1n) is 1.03. The summed E-state index contributed by atoms with van der Waals surface area (Å²) in [6.45, 7) is 0. The monoisotopic (exact) mass is 122 g/mol. The van der Waals surface area contributed by atoms with Crippen LogP contribution in [0.25, 0.3) is 0 Å². The Labute approximate surface area is 59.5 Å². The second-order valence-corrected chi connectivity index (χ2v) is 2.51. The van der Waals surface area contributed by atoms with Gasteiger partial charge < -0.3 is 9.11 Å². The Morgan fingerprint density at radius 1 is 1.50 bits per heavy atom. The molecule has 0 saturated carbocycles. The maximum absolute atomic E-state index is 9.33. The van der Waals surface area contributed by atoms with Gasteiger partial charge in [-0.1, -0.05) is 0 Å². The summed E-state index contributed by atoms with van der Waals surface area (Å²) in [4.78, 5) is 0. The van der Waals surface area contributed by atoms with E-state index in [1.54, 1.807) is 0 Å². The van der Waals surface area contributed by atoms with Gasteiger partial charge in [-0.3, -0.25) is 0 Å². The number of rotatable bonds is 0. The van der Waals surface area contributed by atoms with Crippen LogP contribution in [0, 0.1) is 0 Å². The molecule has 0 amide bonds. The summed E-state index contributed by atoms with van der Waals surface area (Å²) >= 11 is 0. The third kappa shape index (κ3) is 73.4. The molecule has 0 rings (SSSR count). The normalized spacial score (nSPS) is 12.5. The molecule has 0 unspecified atom stereocenters. The van der Waals surface area contributed by atoms with E-state index < -0.39 is 10.5 Å². The number of hydrogen-bond donors (Lipinski definition) is 3. The molecule has 0 aliphatic heterocycles. The van der Waals surface area contributed by atoms with Gasteiger partial charge in [0.05, 0.1) is 10.5 Å². The fourth-order valence-electron chi connectivity index (χ4n) is 0. The molecule has 0 fully saturated rings. The van der Waals surface area contributed by atoms with Crippen molar-refractivity contribution in [3.05, 3.63) is 0 Å². The van der Waals surface area contributed by atoms with Crippen molar-refractivity contribution in [2.24, 2.45) is 0 Å². The van der Waals surface area contributed by atoms with E-state index in [0.717, 1.165) is 6.26 Å². The van der Waals surface area contributed by atoms with E-state index in [2.05, 4.69) is 0 Å². The average Bonchev–Trinajstić information content (AvgIpc) is 0.722. The van der Waals surface area contributed by atoms with Gasteiger partial charge in [0.15, 0.2) is 0 Å². The van der Waals surface area contributed by atoms with Gasteiger partial charge in [-0.2, -0.15) is 0 Å². The molecule has 0 saturated heterocycles. The molecule has 6 heavy (non-hydrogen) atoms. The Balaban J connectivity index is 0. The van der Waals surface area contributed by atoms with Gasteiger partial charge in [0.25, 0.3) is 0 Å². The van der Waals surface area contributed by atoms with Crippen molar-refractivity contribution < 1.29 is 13.3 Å². The van der Waals surface area contributed by atoms with Crippen molar-refractivity contribution in [3.63, 3.8) is 0 Å². The van der Waals surface area contributed by atoms with E-state index in [1.807, 2.05) is 0 Å². The van der Waals surface area contributed by atoms with Crippen molar-refractivity contribution in [2.75, 3.05) is 6.26 Å². The minimum atomic E-state index is -3.64. The molecule has 0 atom stereocenters. The minimum absolute atomic E-state index is 0. The van der Waals surface area contributed by atoms with Gasteiger partial charge in [0.2, 0.25) is 0 Å². The molecule has 0 radical (unpaired) electrons. The SMILES string of the molecule is C[SH](=O)(O)O.[NaH]. The Bertz CT molecular complexity index is 56.9. The molecule has 0 heterocycles. The van der Waals surface area contributed by atoms with Crippen LogP contribution in [0.4, 0.5) is 0 Å². The molecular weight excluding hydrogens is 115 g/mol. The van der Waals surface area contributed by atoms with Crippen molar-refractivity contribution in [2.45, 2.75) is 0 Å². The summed E-state index contributed by atoms with van der Waals surface area (Å²) in [5, 5.41) is 0. The van der Waals surface area contributed by atoms with E-state index in [1.165, 1.54) is 0 Å². The molecule has 5 heteroatoms. The van der Waals surface area contributed by atoms with Crippen LogP contribution in [-0.4, -0.2) is 49.1 Å². The predicted molar refractivity (Wildman–Crippen MR) is 27.9 cm³/mol. The van der Waals surface area contributed by atoms with Crippen molar-refractivity contribution in [1.82, 2.24) is 0 Å². The molecule has 2 N–H and O–H groups in total. The first kappa shape index (κ1) is 10.1. The van der Waals surface area contributed by atoms with Crippen LogP contribution in [0.15, 0.2) is 0 Å². The molecule has 0 aliphatic carbocycles. The molecule has 0 aliphatic rings. The summed E-state index contributed by atoms with van der Waals surface area (Å²) in [6, 6.07) is 0. The van der Waals surface area contributed by atoms with E-state index in [4.69, 9.17) is 9.11 Å². The fourth-order valence-corrected chi connectivity index (χ4v) is 0. The molecule has 0 bridgehead atoms. The van der Waals surface area contributed by atoms with E-state index in [-0.39, 0.29) is 29.6 Å². The van der Waals surface area contributed by atoms with Crippen molar-refractivity contribution >= 4 is 40.1 Å². The quantitative estimate of drug-likeness (QED) is 0.283. The van der Waals surface area contributed by atoms with Crippen molar-refractivity contribution in [3.8, 4) is 0 Å². The van der Waals surface area contributed by atoms with Crippen LogP contribution in [0.3, 0.4) is 0 Å². The third-order valence-electron chi connectivity index (χ3n) is 0. The van der Waals surface area contributed by atoms with Crippen LogP contribution >= 0.6 is 0 Å². The maximum atomic E-state index is 9.33. The zero-order valence-corrected chi connectivity index (χ0v) is 3.64. The van der Waals surface area contributed by atoms with Gasteiger partial charge in [0, 0.05) is 6.26 Å². The van der Waals surface area contributed by atoms with Crippen LogP contribution in [-0.2, 0) is 10.5 Å². The Morgan fingerprint density at radius 3 is 1.50 bits per heavy atom.